The molecule has 0 aromatic heterocycles. The van der Waals surface area contributed by atoms with E-state index in [0.29, 0.717) is 28.3 Å². The van der Waals surface area contributed by atoms with Crippen molar-refractivity contribution in [1.82, 2.24) is 5.32 Å². The smallest absolute Gasteiger partial charge is 0.258 e. The first-order valence-corrected chi connectivity index (χ1v) is 7.36. The van der Waals surface area contributed by atoms with Crippen LogP contribution in [0.2, 0.25) is 5.02 Å². The monoisotopic (exact) mass is 294 g/mol. The van der Waals surface area contributed by atoms with Gasteiger partial charge in [0.1, 0.15) is 5.75 Å². The molecule has 4 nitrogen and oxygen atoms in total. The molecule has 0 heterocycles. The fraction of sp³-hybridized carbons (Fsp3) is 0.533. The summed E-state index contributed by atoms with van der Waals surface area (Å²) >= 11 is 5.78. The van der Waals surface area contributed by atoms with Crippen LogP contribution in [0.1, 0.15) is 25.7 Å². The zero-order valence-electron chi connectivity index (χ0n) is 11.3. The molecule has 0 unspecified atom stereocenters. The number of carbonyl (C=O) groups is 1. The highest BCUT2D eigenvalue weighted by Gasteiger charge is 2.51. The van der Waals surface area contributed by atoms with Crippen molar-refractivity contribution in [2.45, 2.75) is 37.8 Å². The van der Waals surface area contributed by atoms with Crippen molar-refractivity contribution in [2.24, 2.45) is 11.1 Å². The average Bonchev–Trinajstić information content (AvgIpc) is 2.34. The molecule has 2 aliphatic rings. The predicted octanol–water partition coefficient (Wildman–Crippen LogP) is 2.10. The average molecular weight is 295 g/mol. The maximum Gasteiger partial charge on any atom is 0.258 e. The van der Waals surface area contributed by atoms with Crippen LogP contribution in [0.4, 0.5) is 0 Å². The van der Waals surface area contributed by atoms with Gasteiger partial charge >= 0.3 is 0 Å². The highest BCUT2D eigenvalue weighted by molar-refractivity contribution is 6.30. The number of carbonyl (C=O) groups excluding carboxylic acids is 1. The zero-order chi connectivity index (χ0) is 14.2. The Morgan fingerprint density at radius 1 is 1.30 bits per heavy atom. The van der Waals surface area contributed by atoms with Crippen LogP contribution in [-0.4, -0.2) is 24.6 Å². The van der Waals surface area contributed by atoms with Gasteiger partial charge in [-0.25, -0.2) is 0 Å². The van der Waals surface area contributed by atoms with Gasteiger partial charge in [-0.1, -0.05) is 11.6 Å². The number of nitrogens with two attached hydrogens (primary N) is 1. The van der Waals surface area contributed by atoms with Crippen molar-refractivity contribution in [3.05, 3.63) is 29.3 Å². The molecule has 1 spiro atoms. The van der Waals surface area contributed by atoms with Gasteiger partial charge < -0.3 is 15.8 Å². The molecular formula is C15H19ClN2O2. The van der Waals surface area contributed by atoms with E-state index in [1.165, 1.54) is 0 Å². The number of hydrogen-bond acceptors (Lipinski definition) is 3. The van der Waals surface area contributed by atoms with Crippen LogP contribution in [0.25, 0.3) is 0 Å². The Morgan fingerprint density at radius 3 is 2.55 bits per heavy atom. The first-order chi connectivity index (χ1) is 9.55. The number of rotatable bonds is 4. The summed E-state index contributed by atoms with van der Waals surface area (Å²) in [5, 5.41) is 3.66. The van der Waals surface area contributed by atoms with Gasteiger partial charge in [0, 0.05) is 17.1 Å². The first-order valence-electron chi connectivity index (χ1n) is 6.98. The van der Waals surface area contributed by atoms with E-state index in [1.807, 2.05) is 0 Å². The third-order valence-corrected chi connectivity index (χ3v) is 4.55. The quantitative estimate of drug-likeness (QED) is 0.894. The molecule has 2 saturated carbocycles. The fourth-order valence-electron chi connectivity index (χ4n) is 3.42. The first kappa shape index (κ1) is 13.7. The van der Waals surface area contributed by atoms with E-state index in [4.69, 9.17) is 22.1 Å². The van der Waals surface area contributed by atoms with Crippen LogP contribution in [0.3, 0.4) is 0 Å². The molecule has 108 valence electrons. The molecule has 2 fully saturated rings. The fourth-order valence-corrected chi connectivity index (χ4v) is 3.55. The number of ether oxygens (including phenoxy) is 1. The van der Waals surface area contributed by atoms with Gasteiger partial charge in [-0.05, 0) is 55.4 Å². The van der Waals surface area contributed by atoms with Crippen LogP contribution >= 0.6 is 11.6 Å². The molecule has 3 rings (SSSR count). The number of amides is 1. The minimum Gasteiger partial charge on any atom is -0.484 e. The van der Waals surface area contributed by atoms with E-state index in [1.54, 1.807) is 24.3 Å². The van der Waals surface area contributed by atoms with Crippen molar-refractivity contribution < 1.29 is 9.53 Å². The van der Waals surface area contributed by atoms with Gasteiger partial charge in [0.25, 0.3) is 5.91 Å². The zero-order valence-corrected chi connectivity index (χ0v) is 12.0. The molecule has 0 radical (unpaired) electrons. The van der Waals surface area contributed by atoms with Gasteiger partial charge in [-0.15, -0.1) is 0 Å². The number of hydrogen-bond donors (Lipinski definition) is 2. The maximum absolute atomic E-state index is 11.8. The molecule has 0 bridgehead atoms. The lowest BCUT2D eigenvalue weighted by atomic mass is 9.52. The standard InChI is InChI=1S/C15H19ClN2O2/c16-10-1-3-13(4-2-10)20-9-14(19)18-12-7-15(8-12)5-11(17)6-15/h1-4,11-12H,5-9,17H2,(H,18,19). The Balaban J connectivity index is 1.37. The van der Waals surface area contributed by atoms with Gasteiger partial charge in [-0.2, -0.15) is 0 Å². The second kappa shape index (κ2) is 5.26. The molecule has 3 N–H and O–H groups in total. The lowest BCUT2D eigenvalue weighted by Gasteiger charge is -2.56. The summed E-state index contributed by atoms with van der Waals surface area (Å²) in [4.78, 5) is 11.8. The summed E-state index contributed by atoms with van der Waals surface area (Å²) in [6, 6.07) is 7.66. The Hall–Kier alpha value is -1.26. The summed E-state index contributed by atoms with van der Waals surface area (Å²) in [6.45, 7) is 0.0463. The Kier molecular flexibility index (Phi) is 3.61. The van der Waals surface area contributed by atoms with Crippen molar-refractivity contribution in [3.8, 4) is 5.75 Å². The Bertz CT molecular complexity index is 489. The van der Waals surface area contributed by atoms with Crippen molar-refractivity contribution in [1.29, 1.82) is 0 Å². The lowest BCUT2D eigenvalue weighted by molar-refractivity contribution is -0.126. The highest BCUT2D eigenvalue weighted by atomic mass is 35.5. The van der Waals surface area contributed by atoms with Gasteiger partial charge in [-0.3, -0.25) is 4.79 Å². The third kappa shape index (κ3) is 2.91. The van der Waals surface area contributed by atoms with Crippen molar-refractivity contribution in [3.63, 3.8) is 0 Å². The molecule has 2 aliphatic carbocycles. The molecule has 1 aromatic carbocycles. The van der Waals surface area contributed by atoms with Crippen LogP contribution in [0, 0.1) is 5.41 Å². The summed E-state index contributed by atoms with van der Waals surface area (Å²) in [5.41, 5.74) is 6.26. The normalized spacial score (nSPS) is 31.3. The van der Waals surface area contributed by atoms with E-state index in [-0.39, 0.29) is 12.5 Å². The second-order valence-corrected chi connectivity index (χ2v) is 6.52. The molecule has 20 heavy (non-hydrogen) atoms. The van der Waals surface area contributed by atoms with Gasteiger partial charge in [0.2, 0.25) is 0 Å². The van der Waals surface area contributed by atoms with Gasteiger partial charge in [0.15, 0.2) is 6.61 Å². The SMILES string of the molecule is NC1CC2(C1)CC(NC(=O)COc1ccc(Cl)cc1)C2. The number of nitrogens with one attached hydrogen (secondary N) is 1. The van der Waals surface area contributed by atoms with Crippen molar-refractivity contribution >= 4 is 17.5 Å². The summed E-state index contributed by atoms with van der Waals surface area (Å²) in [7, 11) is 0. The molecular weight excluding hydrogens is 276 g/mol. The molecule has 1 aromatic rings. The summed E-state index contributed by atoms with van der Waals surface area (Å²) in [6.07, 6.45) is 4.35. The molecule has 0 atom stereocenters. The van der Waals surface area contributed by atoms with Crippen LogP contribution in [0.5, 0.6) is 5.75 Å². The van der Waals surface area contributed by atoms with Crippen LogP contribution < -0.4 is 15.8 Å². The molecule has 1 amide bonds. The van der Waals surface area contributed by atoms with Crippen LogP contribution in [-0.2, 0) is 4.79 Å². The Morgan fingerprint density at radius 2 is 1.95 bits per heavy atom. The minimum absolute atomic E-state index is 0.0463. The van der Waals surface area contributed by atoms with E-state index >= 15 is 0 Å². The van der Waals surface area contributed by atoms with E-state index < -0.39 is 0 Å². The van der Waals surface area contributed by atoms with Crippen molar-refractivity contribution in [2.75, 3.05) is 6.61 Å². The third-order valence-electron chi connectivity index (χ3n) is 4.30. The summed E-state index contributed by atoms with van der Waals surface area (Å²) in [5.74, 6) is 0.586. The van der Waals surface area contributed by atoms with E-state index in [9.17, 15) is 4.79 Å². The lowest BCUT2D eigenvalue weighted by Crippen LogP contribution is -2.59. The minimum atomic E-state index is -0.0663. The van der Waals surface area contributed by atoms with Gasteiger partial charge in [0.05, 0.1) is 0 Å². The largest absolute Gasteiger partial charge is 0.484 e. The maximum atomic E-state index is 11.8. The molecule has 5 heteroatoms. The molecule has 0 aliphatic heterocycles. The summed E-state index contributed by atoms with van der Waals surface area (Å²) < 4.78 is 5.41. The second-order valence-electron chi connectivity index (χ2n) is 6.08. The number of benzene rings is 1. The van der Waals surface area contributed by atoms with E-state index in [0.717, 1.165) is 25.7 Å². The highest BCUT2D eigenvalue weighted by Crippen LogP contribution is 2.55. The number of halogens is 1. The predicted molar refractivity (Wildman–Crippen MR) is 77.8 cm³/mol. The molecule has 0 saturated heterocycles. The topological polar surface area (TPSA) is 64.3 Å². The van der Waals surface area contributed by atoms with Crippen LogP contribution in [0.15, 0.2) is 24.3 Å². The Labute approximate surface area is 123 Å². The van der Waals surface area contributed by atoms with E-state index in [2.05, 4.69) is 5.32 Å².